The number of nitrogens with zero attached hydrogens (tertiary/aromatic N) is 1. The predicted octanol–water partition coefficient (Wildman–Crippen LogP) is 2.96. The molecule has 0 bridgehead atoms. The highest BCUT2D eigenvalue weighted by molar-refractivity contribution is 8.00. The highest BCUT2D eigenvalue weighted by Crippen LogP contribution is 2.42. The minimum Gasteiger partial charge on any atom is -0.285 e. The zero-order valence-electron chi connectivity index (χ0n) is 9.14. The Morgan fingerprint density at radius 2 is 1.83 bits per heavy atom. The van der Waals surface area contributed by atoms with Gasteiger partial charge in [-0.1, -0.05) is 0 Å². The van der Waals surface area contributed by atoms with Crippen molar-refractivity contribution in [1.29, 1.82) is 0 Å². The second-order valence-corrected chi connectivity index (χ2v) is 6.79. The molecule has 0 spiro atoms. The quantitative estimate of drug-likeness (QED) is 0.573. The first-order chi connectivity index (χ1) is 5.25. The fourth-order valence-electron chi connectivity index (χ4n) is 1.62. The van der Waals surface area contributed by atoms with Crippen molar-refractivity contribution in [2.75, 3.05) is 5.88 Å². The van der Waals surface area contributed by atoms with E-state index >= 15 is 0 Å². The molecule has 0 aromatic rings. The van der Waals surface area contributed by atoms with E-state index in [0.717, 1.165) is 0 Å². The summed E-state index contributed by atoms with van der Waals surface area (Å²) in [6.07, 6.45) is 0. The zero-order valence-corrected chi connectivity index (χ0v) is 9.96. The highest BCUT2D eigenvalue weighted by atomic mass is 32.2. The van der Waals surface area contributed by atoms with Crippen LogP contribution in [0.4, 0.5) is 0 Å². The van der Waals surface area contributed by atoms with Gasteiger partial charge in [-0.05, 0) is 41.5 Å². The standard InChI is InChI=1S/C10H21NS/c1-8-10(5,6)12-7-11(8)9(2,3)4/h8H,7H2,1-6H3. The maximum Gasteiger partial charge on any atom is 0.0458 e. The van der Waals surface area contributed by atoms with Crippen LogP contribution in [0.25, 0.3) is 0 Å². The van der Waals surface area contributed by atoms with Crippen molar-refractivity contribution >= 4 is 11.8 Å². The molecule has 12 heavy (non-hydrogen) atoms. The highest BCUT2D eigenvalue weighted by Gasteiger charge is 2.42. The van der Waals surface area contributed by atoms with Gasteiger partial charge in [0.2, 0.25) is 0 Å². The van der Waals surface area contributed by atoms with Gasteiger partial charge in [0.15, 0.2) is 0 Å². The monoisotopic (exact) mass is 187 g/mol. The molecule has 1 saturated heterocycles. The van der Waals surface area contributed by atoms with E-state index in [4.69, 9.17) is 0 Å². The van der Waals surface area contributed by atoms with Crippen LogP contribution in [0.5, 0.6) is 0 Å². The first-order valence-electron chi connectivity index (χ1n) is 4.66. The summed E-state index contributed by atoms with van der Waals surface area (Å²) in [5, 5.41) is 0. The van der Waals surface area contributed by atoms with Crippen molar-refractivity contribution in [3.05, 3.63) is 0 Å². The molecule has 0 radical (unpaired) electrons. The van der Waals surface area contributed by atoms with Gasteiger partial charge in [0, 0.05) is 22.2 Å². The first-order valence-corrected chi connectivity index (χ1v) is 5.64. The maximum atomic E-state index is 2.58. The van der Waals surface area contributed by atoms with Crippen LogP contribution >= 0.6 is 11.8 Å². The summed E-state index contributed by atoms with van der Waals surface area (Å²) in [5.74, 6) is 1.18. The molecule has 0 aliphatic carbocycles. The van der Waals surface area contributed by atoms with Crippen LogP contribution in [-0.2, 0) is 0 Å². The van der Waals surface area contributed by atoms with Gasteiger partial charge in [-0.3, -0.25) is 4.90 Å². The number of hydrogen-bond acceptors (Lipinski definition) is 2. The molecular weight excluding hydrogens is 166 g/mol. The van der Waals surface area contributed by atoms with E-state index in [1.807, 2.05) is 0 Å². The van der Waals surface area contributed by atoms with E-state index in [0.29, 0.717) is 16.3 Å². The summed E-state index contributed by atoms with van der Waals surface area (Å²) in [7, 11) is 0. The van der Waals surface area contributed by atoms with Crippen LogP contribution in [0.2, 0.25) is 0 Å². The molecule has 1 aliphatic rings. The van der Waals surface area contributed by atoms with Gasteiger partial charge in [-0.15, -0.1) is 11.8 Å². The summed E-state index contributed by atoms with van der Waals surface area (Å²) in [6, 6.07) is 0.683. The molecule has 0 amide bonds. The Balaban J connectivity index is 2.74. The molecule has 1 unspecified atom stereocenters. The van der Waals surface area contributed by atoms with E-state index in [9.17, 15) is 0 Å². The Morgan fingerprint density at radius 3 is 2.00 bits per heavy atom. The Labute approximate surface area is 80.9 Å². The molecule has 0 aromatic carbocycles. The lowest BCUT2D eigenvalue weighted by Gasteiger charge is -2.37. The second kappa shape index (κ2) is 2.91. The molecule has 0 saturated carbocycles. The largest absolute Gasteiger partial charge is 0.285 e. The van der Waals surface area contributed by atoms with Crippen LogP contribution < -0.4 is 0 Å². The number of hydrogen-bond donors (Lipinski definition) is 0. The third-order valence-corrected chi connectivity index (χ3v) is 4.40. The topological polar surface area (TPSA) is 3.24 Å². The molecule has 2 heteroatoms. The molecule has 0 aromatic heterocycles. The van der Waals surface area contributed by atoms with Gasteiger partial charge in [0.05, 0.1) is 0 Å². The summed E-state index contributed by atoms with van der Waals surface area (Å²) in [6.45, 7) is 13.9. The smallest absolute Gasteiger partial charge is 0.0458 e. The summed E-state index contributed by atoms with van der Waals surface area (Å²) in [5.41, 5.74) is 0.320. The summed E-state index contributed by atoms with van der Waals surface area (Å²) in [4.78, 5) is 2.58. The van der Waals surface area contributed by atoms with Crippen molar-refractivity contribution in [3.63, 3.8) is 0 Å². The van der Waals surface area contributed by atoms with Gasteiger partial charge in [-0.2, -0.15) is 0 Å². The van der Waals surface area contributed by atoms with E-state index in [-0.39, 0.29) is 0 Å². The van der Waals surface area contributed by atoms with Crippen LogP contribution in [-0.4, -0.2) is 27.1 Å². The van der Waals surface area contributed by atoms with Crippen molar-refractivity contribution in [2.45, 2.75) is 57.9 Å². The predicted molar refractivity (Wildman–Crippen MR) is 57.6 cm³/mol. The Kier molecular flexibility index (Phi) is 2.52. The third kappa shape index (κ3) is 1.80. The fourth-order valence-corrected chi connectivity index (χ4v) is 3.07. The zero-order chi connectivity index (χ0) is 9.57. The lowest BCUT2D eigenvalue weighted by Crippen LogP contribution is -2.47. The van der Waals surface area contributed by atoms with Crippen molar-refractivity contribution in [1.82, 2.24) is 4.90 Å². The Hall–Kier alpha value is 0.310. The lowest BCUT2D eigenvalue weighted by atomic mass is 9.98. The van der Waals surface area contributed by atoms with Crippen molar-refractivity contribution < 1.29 is 0 Å². The molecule has 1 rings (SSSR count). The summed E-state index contributed by atoms with van der Waals surface area (Å²) < 4.78 is 0.424. The molecule has 1 atom stereocenters. The van der Waals surface area contributed by atoms with Gasteiger partial charge >= 0.3 is 0 Å². The SMILES string of the molecule is CC1N(C(C)(C)C)CSC1(C)C. The normalized spacial score (nSPS) is 31.0. The maximum absolute atomic E-state index is 2.58. The third-order valence-electron chi connectivity index (χ3n) is 2.91. The first kappa shape index (κ1) is 10.4. The molecule has 1 nitrogen and oxygen atoms in total. The Morgan fingerprint density at radius 1 is 1.33 bits per heavy atom. The molecule has 1 heterocycles. The molecule has 0 N–H and O–H groups in total. The van der Waals surface area contributed by atoms with Gasteiger partial charge in [-0.25, -0.2) is 0 Å². The summed E-state index contributed by atoms with van der Waals surface area (Å²) >= 11 is 2.07. The molecule has 72 valence electrons. The van der Waals surface area contributed by atoms with E-state index < -0.39 is 0 Å². The van der Waals surface area contributed by atoms with Gasteiger partial charge < -0.3 is 0 Å². The van der Waals surface area contributed by atoms with Crippen LogP contribution in [0, 0.1) is 0 Å². The van der Waals surface area contributed by atoms with E-state index in [1.165, 1.54) is 5.88 Å². The fraction of sp³-hybridized carbons (Fsp3) is 1.00. The second-order valence-electron chi connectivity index (χ2n) is 5.19. The van der Waals surface area contributed by atoms with Gasteiger partial charge in [0.25, 0.3) is 0 Å². The van der Waals surface area contributed by atoms with Crippen molar-refractivity contribution in [3.8, 4) is 0 Å². The van der Waals surface area contributed by atoms with E-state index in [2.05, 4.69) is 58.2 Å². The average Bonchev–Trinajstić information content (AvgIpc) is 2.06. The van der Waals surface area contributed by atoms with Gasteiger partial charge in [0.1, 0.15) is 0 Å². The molecule has 1 fully saturated rings. The molecule has 1 aliphatic heterocycles. The molecular formula is C10H21NS. The minimum atomic E-state index is 0.320. The Bertz CT molecular complexity index is 169. The number of rotatable bonds is 0. The minimum absolute atomic E-state index is 0.320. The average molecular weight is 187 g/mol. The number of thioether (sulfide) groups is 1. The lowest BCUT2D eigenvalue weighted by molar-refractivity contribution is 0.115. The van der Waals surface area contributed by atoms with E-state index in [1.54, 1.807) is 0 Å². The van der Waals surface area contributed by atoms with Crippen LogP contribution in [0.3, 0.4) is 0 Å². The van der Waals surface area contributed by atoms with Crippen molar-refractivity contribution in [2.24, 2.45) is 0 Å². The van der Waals surface area contributed by atoms with Crippen LogP contribution in [0.15, 0.2) is 0 Å². The van der Waals surface area contributed by atoms with Crippen LogP contribution in [0.1, 0.15) is 41.5 Å².